The first-order chi connectivity index (χ1) is 15.3. The second-order valence-electron chi connectivity index (χ2n) is 9.32. The highest BCUT2D eigenvalue weighted by atomic mass is 16.5. The molecule has 3 rings (SSSR count). The zero-order valence-corrected chi connectivity index (χ0v) is 20.4. The standard InChI is InChI=1S/C28H37NO3/c1-7-31-26-18-25-24(23(19(3)4)13-15-28(25,5)6)17-21(26)14-16-29-22-11-9-20(10-12-22)27(30)32-8-2/h9-13,17-19,29H,7-8,14-16H2,1-6H3. The smallest absolute Gasteiger partial charge is 0.338 e. The van der Waals surface area contributed by atoms with Gasteiger partial charge in [-0.05, 0) is 96.7 Å². The van der Waals surface area contributed by atoms with Crippen molar-refractivity contribution in [3.63, 3.8) is 0 Å². The first-order valence-electron chi connectivity index (χ1n) is 11.8. The molecule has 0 radical (unpaired) electrons. The molecule has 0 spiro atoms. The van der Waals surface area contributed by atoms with Crippen molar-refractivity contribution >= 4 is 17.2 Å². The lowest BCUT2D eigenvalue weighted by Crippen LogP contribution is -2.23. The molecular formula is C28H37NO3. The van der Waals surface area contributed by atoms with Crippen LogP contribution in [0.1, 0.15) is 75.0 Å². The van der Waals surface area contributed by atoms with Crippen LogP contribution >= 0.6 is 0 Å². The van der Waals surface area contributed by atoms with Crippen LogP contribution in [0.3, 0.4) is 0 Å². The summed E-state index contributed by atoms with van der Waals surface area (Å²) >= 11 is 0. The van der Waals surface area contributed by atoms with Gasteiger partial charge in [0.05, 0.1) is 18.8 Å². The topological polar surface area (TPSA) is 47.6 Å². The summed E-state index contributed by atoms with van der Waals surface area (Å²) in [5.41, 5.74) is 7.08. The highest BCUT2D eigenvalue weighted by Gasteiger charge is 2.30. The van der Waals surface area contributed by atoms with E-state index in [0.29, 0.717) is 24.7 Å². The molecule has 1 N–H and O–H groups in total. The number of rotatable bonds is 9. The molecule has 0 bridgehead atoms. The molecule has 2 aromatic rings. The van der Waals surface area contributed by atoms with E-state index >= 15 is 0 Å². The minimum Gasteiger partial charge on any atom is -0.494 e. The lowest BCUT2D eigenvalue weighted by Gasteiger charge is -2.34. The zero-order chi connectivity index (χ0) is 23.3. The van der Waals surface area contributed by atoms with Gasteiger partial charge in [-0.25, -0.2) is 4.79 Å². The van der Waals surface area contributed by atoms with Crippen LogP contribution in [0, 0.1) is 5.92 Å². The van der Waals surface area contributed by atoms with Crippen LogP contribution in [0.15, 0.2) is 42.5 Å². The summed E-state index contributed by atoms with van der Waals surface area (Å²) in [4.78, 5) is 11.8. The number of nitrogens with one attached hydrogen (secondary N) is 1. The Kier molecular flexibility index (Phi) is 7.65. The fourth-order valence-electron chi connectivity index (χ4n) is 4.32. The third-order valence-electron chi connectivity index (χ3n) is 6.11. The second-order valence-corrected chi connectivity index (χ2v) is 9.32. The maximum Gasteiger partial charge on any atom is 0.338 e. The average Bonchev–Trinajstić information content (AvgIpc) is 2.75. The minimum absolute atomic E-state index is 0.108. The van der Waals surface area contributed by atoms with E-state index in [-0.39, 0.29) is 11.4 Å². The van der Waals surface area contributed by atoms with E-state index < -0.39 is 0 Å². The molecular weight excluding hydrogens is 398 g/mol. The summed E-state index contributed by atoms with van der Waals surface area (Å²) in [6.07, 6.45) is 4.33. The number of esters is 1. The van der Waals surface area contributed by atoms with Crippen LogP contribution in [0.5, 0.6) is 5.75 Å². The quantitative estimate of drug-likeness (QED) is 0.449. The zero-order valence-electron chi connectivity index (χ0n) is 20.4. The van der Waals surface area contributed by atoms with Crippen LogP contribution in [0.4, 0.5) is 5.69 Å². The largest absolute Gasteiger partial charge is 0.494 e. The molecule has 172 valence electrons. The fourth-order valence-corrected chi connectivity index (χ4v) is 4.32. The van der Waals surface area contributed by atoms with Crippen LogP contribution in [0.25, 0.3) is 5.57 Å². The molecule has 0 saturated heterocycles. The summed E-state index contributed by atoms with van der Waals surface area (Å²) in [7, 11) is 0. The summed E-state index contributed by atoms with van der Waals surface area (Å²) in [6, 6.07) is 12.1. The summed E-state index contributed by atoms with van der Waals surface area (Å²) < 4.78 is 11.1. The molecule has 0 heterocycles. The van der Waals surface area contributed by atoms with Gasteiger partial charge in [0.15, 0.2) is 0 Å². The predicted molar refractivity (Wildman–Crippen MR) is 133 cm³/mol. The maximum absolute atomic E-state index is 11.8. The Morgan fingerprint density at radius 3 is 2.44 bits per heavy atom. The molecule has 32 heavy (non-hydrogen) atoms. The Morgan fingerprint density at radius 1 is 1.09 bits per heavy atom. The highest BCUT2D eigenvalue weighted by Crippen LogP contribution is 2.44. The van der Waals surface area contributed by atoms with Crippen LogP contribution < -0.4 is 10.1 Å². The number of ether oxygens (including phenoxy) is 2. The number of hydrogen-bond donors (Lipinski definition) is 1. The molecule has 4 nitrogen and oxygen atoms in total. The second kappa shape index (κ2) is 10.2. The fraction of sp³-hybridized carbons (Fsp3) is 0.464. The Labute approximate surface area is 193 Å². The third-order valence-corrected chi connectivity index (χ3v) is 6.11. The number of allylic oxidation sites excluding steroid dienone is 2. The third kappa shape index (κ3) is 5.35. The first-order valence-corrected chi connectivity index (χ1v) is 11.8. The molecule has 0 saturated carbocycles. The molecule has 0 unspecified atom stereocenters. The van der Waals surface area contributed by atoms with Crippen molar-refractivity contribution in [2.24, 2.45) is 5.92 Å². The van der Waals surface area contributed by atoms with Crippen LogP contribution in [-0.2, 0) is 16.6 Å². The van der Waals surface area contributed by atoms with Gasteiger partial charge in [-0.2, -0.15) is 0 Å². The maximum atomic E-state index is 11.8. The number of carbonyl (C=O) groups excluding carboxylic acids is 1. The normalized spacial score (nSPS) is 14.5. The van der Waals surface area contributed by atoms with E-state index in [0.717, 1.165) is 30.8 Å². The van der Waals surface area contributed by atoms with E-state index in [4.69, 9.17) is 9.47 Å². The lowest BCUT2D eigenvalue weighted by molar-refractivity contribution is 0.0526. The molecule has 0 aliphatic heterocycles. The molecule has 2 aromatic carbocycles. The van der Waals surface area contributed by atoms with E-state index in [9.17, 15) is 4.79 Å². The van der Waals surface area contributed by atoms with Crippen molar-refractivity contribution in [3.05, 3.63) is 64.7 Å². The van der Waals surface area contributed by atoms with Crippen molar-refractivity contribution in [2.75, 3.05) is 25.1 Å². The molecule has 4 heteroatoms. The van der Waals surface area contributed by atoms with Crippen LogP contribution in [-0.4, -0.2) is 25.7 Å². The number of fused-ring (bicyclic) bond motifs is 1. The van der Waals surface area contributed by atoms with E-state index in [1.165, 1.54) is 22.3 Å². The van der Waals surface area contributed by atoms with Gasteiger partial charge in [-0.1, -0.05) is 33.8 Å². The Morgan fingerprint density at radius 2 is 1.81 bits per heavy atom. The monoisotopic (exact) mass is 435 g/mol. The average molecular weight is 436 g/mol. The molecule has 0 fully saturated rings. The van der Waals surface area contributed by atoms with Crippen molar-refractivity contribution in [1.82, 2.24) is 0 Å². The van der Waals surface area contributed by atoms with Crippen molar-refractivity contribution in [2.45, 2.75) is 59.8 Å². The summed E-state index contributed by atoms with van der Waals surface area (Å²) in [5.74, 6) is 1.20. The summed E-state index contributed by atoms with van der Waals surface area (Å²) in [5, 5.41) is 3.47. The van der Waals surface area contributed by atoms with Gasteiger partial charge in [0, 0.05) is 12.2 Å². The number of anilines is 1. The minimum atomic E-state index is -0.286. The Bertz CT molecular complexity index is 971. The molecule has 0 aromatic heterocycles. The van der Waals surface area contributed by atoms with E-state index in [1.54, 1.807) is 12.1 Å². The van der Waals surface area contributed by atoms with Crippen molar-refractivity contribution < 1.29 is 14.3 Å². The molecule has 1 aliphatic carbocycles. The number of carbonyl (C=O) groups is 1. The molecule has 0 amide bonds. The van der Waals surface area contributed by atoms with Gasteiger partial charge in [-0.15, -0.1) is 0 Å². The van der Waals surface area contributed by atoms with Gasteiger partial charge < -0.3 is 14.8 Å². The van der Waals surface area contributed by atoms with Gasteiger partial charge >= 0.3 is 5.97 Å². The van der Waals surface area contributed by atoms with E-state index in [1.807, 2.05) is 26.0 Å². The van der Waals surface area contributed by atoms with Crippen molar-refractivity contribution in [1.29, 1.82) is 0 Å². The van der Waals surface area contributed by atoms with Crippen molar-refractivity contribution in [3.8, 4) is 5.75 Å². The molecule has 0 atom stereocenters. The number of hydrogen-bond acceptors (Lipinski definition) is 4. The highest BCUT2D eigenvalue weighted by molar-refractivity contribution is 5.89. The van der Waals surface area contributed by atoms with Gasteiger partial charge in [0.1, 0.15) is 5.75 Å². The number of benzene rings is 2. The molecule has 1 aliphatic rings. The van der Waals surface area contributed by atoms with Gasteiger partial charge in [0.25, 0.3) is 0 Å². The van der Waals surface area contributed by atoms with E-state index in [2.05, 4.69) is 51.2 Å². The SMILES string of the molecule is CCOC(=O)c1ccc(NCCc2cc3c(cc2OCC)C(C)(C)CC=C3C(C)C)cc1. The van der Waals surface area contributed by atoms with Crippen LogP contribution in [0.2, 0.25) is 0 Å². The lowest BCUT2D eigenvalue weighted by atomic mass is 9.71. The Hall–Kier alpha value is -2.75. The first kappa shape index (κ1) is 23.9. The van der Waals surface area contributed by atoms with Gasteiger partial charge in [-0.3, -0.25) is 0 Å². The Balaban J connectivity index is 1.78. The predicted octanol–water partition coefficient (Wildman–Crippen LogP) is 6.64. The summed E-state index contributed by atoms with van der Waals surface area (Å²) in [6.45, 7) is 14.8. The van der Waals surface area contributed by atoms with Gasteiger partial charge in [0.2, 0.25) is 0 Å².